The molecule has 80 valence electrons. The number of carbonyl (C=O) groups is 2. The summed E-state index contributed by atoms with van der Waals surface area (Å²) in [4.78, 5) is 22.5. The maximum absolute atomic E-state index is 11.6. The summed E-state index contributed by atoms with van der Waals surface area (Å²) in [5, 5.41) is 8.91. The molecule has 0 aliphatic heterocycles. The molecule has 4 heteroatoms. The van der Waals surface area contributed by atoms with Crippen LogP contribution in [0.4, 0.5) is 0 Å². The summed E-state index contributed by atoms with van der Waals surface area (Å²) in [5.74, 6) is -0.724. The highest BCUT2D eigenvalue weighted by molar-refractivity contribution is 6.07. The minimum absolute atomic E-state index is 0.0113. The van der Waals surface area contributed by atoms with E-state index in [4.69, 9.17) is 9.52 Å². The lowest BCUT2D eigenvalue weighted by atomic mass is 9.76. The van der Waals surface area contributed by atoms with Crippen molar-refractivity contribution in [2.75, 3.05) is 0 Å². The highest BCUT2D eigenvalue weighted by Gasteiger charge is 2.38. The minimum Gasteiger partial charge on any atom is -0.478 e. The van der Waals surface area contributed by atoms with Gasteiger partial charge in [0, 0.05) is 11.8 Å². The lowest BCUT2D eigenvalue weighted by molar-refractivity contribution is 0.0691. The van der Waals surface area contributed by atoms with E-state index in [-0.39, 0.29) is 22.3 Å². The molecular weight excluding hydrogens is 196 g/mol. The van der Waals surface area contributed by atoms with Crippen LogP contribution >= 0.6 is 0 Å². The van der Waals surface area contributed by atoms with E-state index in [2.05, 4.69) is 0 Å². The van der Waals surface area contributed by atoms with Crippen molar-refractivity contribution in [2.24, 2.45) is 0 Å². The highest BCUT2D eigenvalue weighted by atomic mass is 16.4. The number of furan rings is 1. The van der Waals surface area contributed by atoms with Crippen molar-refractivity contribution in [3.05, 3.63) is 23.2 Å². The number of carbonyl (C=O) groups excluding carboxylic acids is 1. The van der Waals surface area contributed by atoms with E-state index in [1.165, 1.54) is 0 Å². The first-order valence-electron chi connectivity index (χ1n) is 4.82. The SMILES string of the molecule is CC1(C)CCC(=O)c2c(C(=O)O)coc21. The van der Waals surface area contributed by atoms with Crippen LogP contribution in [0, 0.1) is 0 Å². The summed E-state index contributed by atoms with van der Waals surface area (Å²) in [5.41, 5.74) is -0.00162. The topological polar surface area (TPSA) is 67.5 Å². The molecule has 1 aliphatic rings. The number of fused-ring (bicyclic) bond motifs is 1. The van der Waals surface area contributed by atoms with Gasteiger partial charge in [0.15, 0.2) is 5.78 Å². The Morgan fingerprint density at radius 3 is 2.80 bits per heavy atom. The zero-order valence-electron chi connectivity index (χ0n) is 8.66. The van der Waals surface area contributed by atoms with Crippen molar-refractivity contribution in [1.82, 2.24) is 0 Å². The summed E-state index contributed by atoms with van der Waals surface area (Å²) < 4.78 is 5.23. The Morgan fingerprint density at radius 1 is 1.53 bits per heavy atom. The second kappa shape index (κ2) is 2.95. The Balaban J connectivity index is 2.65. The van der Waals surface area contributed by atoms with Crippen molar-refractivity contribution in [1.29, 1.82) is 0 Å². The predicted molar refractivity (Wildman–Crippen MR) is 52.3 cm³/mol. The average Bonchev–Trinajstić information content (AvgIpc) is 2.57. The molecule has 1 N–H and O–H groups in total. The van der Waals surface area contributed by atoms with Gasteiger partial charge in [0.1, 0.15) is 17.6 Å². The number of hydrogen-bond donors (Lipinski definition) is 1. The summed E-state index contributed by atoms with van der Waals surface area (Å²) in [6, 6.07) is 0. The molecule has 1 aliphatic carbocycles. The molecule has 0 bridgehead atoms. The first kappa shape index (κ1) is 9.96. The number of ketones is 1. The molecule has 0 atom stereocenters. The maximum Gasteiger partial charge on any atom is 0.339 e. The number of carboxylic acid groups (broad SMARTS) is 1. The molecule has 4 nitrogen and oxygen atoms in total. The molecule has 0 aromatic carbocycles. The molecule has 0 radical (unpaired) electrons. The van der Waals surface area contributed by atoms with Crippen LogP contribution < -0.4 is 0 Å². The Hall–Kier alpha value is -1.58. The van der Waals surface area contributed by atoms with Gasteiger partial charge in [0.05, 0.1) is 5.56 Å². The normalized spacial score (nSPS) is 18.7. The number of hydrogen-bond acceptors (Lipinski definition) is 3. The van der Waals surface area contributed by atoms with E-state index >= 15 is 0 Å². The van der Waals surface area contributed by atoms with Crippen LogP contribution in [0.2, 0.25) is 0 Å². The van der Waals surface area contributed by atoms with Crippen LogP contribution in [-0.4, -0.2) is 16.9 Å². The van der Waals surface area contributed by atoms with Gasteiger partial charge in [-0.2, -0.15) is 0 Å². The van der Waals surface area contributed by atoms with Crippen LogP contribution in [0.15, 0.2) is 10.7 Å². The Kier molecular flexibility index (Phi) is 1.96. The maximum atomic E-state index is 11.6. The number of rotatable bonds is 1. The highest BCUT2D eigenvalue weighted by Crippen LogP contribution is 2.39. The van der Waals surface area contributed by atoms with E-state index in [0.29, 0.717) is 18.6 Å². The first-order chi connectivity index (χ1) is 6.93. The monoisotopic (exact) mass is 208 g/mol. The zero-order valence-corrected chi connectivity index (χ0v) is 8.66. The lowest BCUT2D eigenvalue weighted by Gasteiger charge is -2.27. The van der Waals surface area contributed by atoms with Crippen molar-refractivity contribution >= 4 is 11.8 Å². The van der Waals surface area contributed by atoms with Crippen molar-refractivity contribution in [2.45, 2.75) is 32.1 Å². The molecule has 0 spiro atoms. The molecule has 1 aromatic heterocycles. The van der Waals surface area contributed by atoms with Crippen molar-refractivity contribution in [3.8, 4) is 0 Å². The third kappa shape index (κ3) is 1.37. The van der Waals surface area contributed by atoms with E-state index in [9.17, 15) is 9.59 Å². The lowest BCUT2D eigenvalue weighted by Crippen LogP contribution is -2.27. The van der Waals surface area contributed by atoms with Gasteiger partial charge in [-0.05, 0) is 6.42 Å². The average molecular weight is 208 g/mol. The van der Waals surface area contributed by atoms with E-state index in [1.807, 2.05) is 13.8 Å². The molecule has 2 rings (SSSR count). The standard InChI is InChI=1S/C11H12O4/c1-11(2)4-3-7(12)8-6(10(13)14)5-15-9(8)11/h5H,3-4H2,1-2H3,(H,13,14). The smallest absolute Gasteiger partial charge is 0.339 e. The molecular formula is C11H12O4. The van der Waals surface area contributed by atoms with Crippen LogP contribution in [0.5, 0.6) is 0 Å². The Bertz CT molecular complexity index is 439. The second-order valence-electron chi connectivity index (χ2n) is 4.47. The van der Waals surface area contributed by atoms with Crippen LogP contribution in [0.25, 0.3) is 0 Å². The number of carboxylic acids is 1. The van der Waals surface area contributed by atoms with Gasteiger partial charge in [-0.15, -0.1) is 0 Å². The number of aromatic carboxylic acids is 1. The van der Waals surface area contributed by atoms with E-state index < -0.39 is 5.97 Å². The molecule has 0 unspecified atom stereocenters. The molecule has 0 saturated heterocycles. The van der Waals surface area contributed by atoms with Crippen molar-refractivity contribution in [3.63, 3.8) is 0 Å². The van der Waals surface area contributed by atoms with Crippen molar-refractivity contribution < 1.29 is 19.1 Å². The third-order valence-corrected chi connectivity index (χ3v) is 2.89. The Labute approximate surface area is 86.9 Å². The summed E-state index contributed by atoms with van der Waals surface area (Å²) >= 11 is 0. The van der Waals surface area contributed by atoms with Gasteiger partial charge in [-0.1, -0.05) is 13.8 Å². The predicted octanol–water partition coefficient (Wildman–Crippen LogP) is 2.23. The van der Waals surface area contributed by atoms with Gasteiger partial charge >= 0.3 is 5.97 Å². The molecule has 1 aromatic rings. The van der Waals surface area contributed by atoms with Crippen LogP contribution in [0.1, 0.15) is 53.2 Å². The van der Waals surface area contributed by atoms with Crippen LogP contribution in [-0.2, 0) is 5.41 Å². The van der Waals surface area contributed by atoms with Gasteiger partial charge in [-0.3, -0.25) is 4.79 Å². The summed E-state index contributed by atoms with van der Waals surface area (Å²) in [7, 11) is 0. The molecule has 0 fully saturated rings. The first-order valence-corrected chi connectivity index (χ1v) is 4.82. The molecule has 15 heavy (non-hydrogen) atoms. The summed E-state index contributed by atoms with van der Waals surface area (Å²) in [6.07, 6.45) is 2.25. The van der Waals surface area contributed by atoms with E-state index in [1.54, 1.807) is 0 Å². The third-order valence-electron chi connectivity index (χ3n) is 2.89. The van der Waals surface area contributed by atoms with Gasteiger partial charge in [0.2, 0.25) is 0 Å². The number of Topliss-reactive ketones (excluding diaryl/α,β-unsaturated/α-hetero) is 1. The minimum atomic E-state index is -1.11. The fraction of sp³-hybridized carbons (Fsp3) is 0.455. The quantitative estimate of drug-likeness (QED) is 0.768. The van der Waals surface area contributed by atoms with Crippen LogP contribution in [0.3, 0.4) is 0 Å². The molecule has 0 amide bonds. The summed E-state index contributed by atoms with van der Waals surface area (Å²) in [6.45, 7) is 3.90. The molecule has 0 saturated carbocycles. The zero-order chi connectivity index (χ0) is 11.2. The largest absolute Gasteiger partial charge is 0.478 e. The second-order valence-corrected chi connectivity index (χ2v) is 4.47. The van der Waals surface area contributed by atoms with Gasteiger partial charge in [0.25, 0.3) is 0 Å². The molecule has 1 heterocycles. The van der Waals surface area contributed by atoms with Gasteiger partial charge in [-0.25, -0.2) is 4.79 Å². The Morgan fingerprint density at radius 2 is 2.20 bits per heavy atom. The fourth-order valence-corrected chi connectivity index (χ4v) is 1.95. The fourth-order valence-electron chi connectivity index (χ4n) is 1.95. The van der Waals surface area contributed by atoms with Gasteiger partial charge < -0.3 is 9.52 Å². The van der Waals surface area contributed by atoms with E-state index in [0.717, 1.165) is 6.26 Å².